The summed E-state index contributed by atoms with van der Waals surface area (Å²) >= 11 is 6.43. The summed E-state index contributed by atoms with van der Waals surface area (Å²) in [5.74, 6) is 0.617. The molecule has 0 N–H and O–H groups in total. The Morgan fingerprint density at radius 3 is 1.54 bits per heavy atom. The molecule has 0 aliphatic carbocycles. The fraction of sp³-hybridized carbons (Fsp3) is 0. The summed E-state index contributed by atoms with van der Waals surface area (Å²) < 4.78 is 0. The predicted octanol–water partition coefficient (Wildman–Crippen LogP) is 8.95. The molecule has 0 amide bonds. The molecule has 0 radical (unpaired) electrons. The van der Waals surface area contributed by atoms with Gasteiger partial charge in [0.15, 0.2) is 5.82 Å². The van der Waals surface area contributed by atoms with E-state index in [-0.39, 0.29) is 0 Å². The summed E-state index contributed by atoms with van der Waals surface area (Å²) in [6.45, 7) is 0. The molecule has 3 heteroatoms. The molecule has 0 aliphatic rings. The van der Waals surface area contributed by atoms with Crippen molar-refractivity contribution >= 4 is 22.4 Å². The summed E-state index contributed by atoms with van der Waals surface area (Å²) in [6.07, 6.45) is 0. The van der Waals surface area contributed by atoms with Crippen LogP contribution in [0.5, 0.6) is 0 Å². The highest BCUT2D eigenvalue weighted by atomic mass is 35.5. The summed E-state index contributed by atoms with van der Waals surface area (Å²) in [7, 11) is 0. The first-order valence-corrected chi connectivity index (χ1v) is 11.9. The van der Waals surface area contributed by atoms with Crippen molar-refractivity contribution in [2.45, 2.75) is 0 Å². The Labute approximate surface area is 209 Å². The molecule has 0 fully saturated rings. The van der Waals surface area contributed by atoms with Crippen molar-refractivity contribution in [1.29, 1.82) is 0 Å². The van der Waals surface area contributed by atoms with Gasteiger partial charge in [0.05, 0.1) is 5.69 Å². The summed E-state index contributed by atoms with van der Waals surface area (Å²) in [5.41, 5.74) is 7.50. The smallest absolute Gasteiger partial charge is 0.161 e. The van der Waals surface area contributed by atoms with E-state index in [9.17, 15) is 0 Å². The number of nitrogens with zero attached hydrogens (tertiary/aromatic N) is 2. The molecular weight excluding hydrogens is 448 g/mol. The van der Waals surface area contributed by atoms with Crippen molar-refractivity contribution in [3.63, 3.8) is 0 Å². The van der Waals surface area contributed by atoms with Crippen molar-refractivity contribution in [3.05, 3.63) is 133 Å². The topological polar surface area (TPSA) is 25.8 Å². The zero-order chi connectivity index (χ0) is 23.6. The third-order valence-corrected chi connectivity index (χ3v) is 6.38. The summed E-state index contributed by atoms with van der Waals surface area (Å²) in [5, 5.41) is 2.77. The van der Waals surface area contributed by atoms with Crippen molar-refractivity contribution < 1.29 is 0 Å². The van der Waals surface area contributed by atoms with E-state index in [2.05, 4.69) is 89.9 Å². The van der Waals surface area contributed by atoms with Gasteiger partial charge in [-0.3, -0.25) is 0 Å². The van der Waals surface area contributed by atoms with Gasteiger partial charge in [0.25, 0.3) is 0 Å². The molecule has 1 aromatic heterocycles. The van der Waals surface area contributed by atoms with Gasteiger partial charge < -0.3 is 0 Å². The monoisotopic (exact) mass is 468 g/mol. The second kappa shape index (κ2) is 9.17. The third kappa shape index (κ3) is 4.44. The minimum absolute atomic E-state index is 0.427. The van der Waals surface area contributed by atoms with Crippen LogP contribution >= 0.6 is 11.6 Å². The van der Waals surface area contributed by atoms with Gasteiger partial charge in [-0.15, -0.1) is 0 Å². The molecule has 1 heterocycles. The quantitative estimate of drug-likeness (QED) is 0.241. The van der Waals surface area contributed by atoms with Crippen LogP contribution < -0.4 is 0 Å². The largest absolute Gasteiger partial charge is 0.228 e. The van der Waals surface area contributed by atoms with Gasteiger partial charge in [0, 0.05) is 17.2 Å². The number of fused-ring (bicyclic) bond motifs is 1. The van der Waals surface area contributed by atoms with Crippen LogP contribution in [0, 0.1) is 0 Å². The van der Waals surface area contributed by atoms with Crippen LogP contribution in [0.1, 0.15) is 0 Å². The van der Waals surface area contributed by atoms with Crippen molar-refractivity contribution in [1.82, 2.24) is 9.97 Å². The first-order valence-electron chi connectivity index (χ1n) is 11.5. The second-order valence-electron chi connectivity index (χ2n) is 8.49. The Morgan fingerprint density at radius 1 is 0.400 bits per heavy atom. The molecule has 0 bridgehead atoms. The molecule has 0 unspecified atom stereocenters. The van der Waals surface area contributed by atoms with Gasteiger partial charge in [0.1, 0.15) is 5.15 Å². The number of aromatic nitrogens is 2. The van der Waals surface area contributed by atoms with Crippen LogP contribution in [-0.2, 0) is 0 Å². The van der Waals surface area contributed by atoms with Crippen LogP contribution in [0.4, 0.5) is 0 Å². The van der Waals surface area contributed by atoms with Gasteiger partial charge in [-0.05, 0) is 45.2 Å². The number of hydrogen-bond acceptors (Lipinski definition) is 2. The van der Waals surface area contributed by atoms with Gasteiger partial charge in [-0.1, -0.05) is 121 Å². The Bertz CT molecular complexity index is 1630. The zero-order valence-electron chi connectivity index (χ0n) is 18.9. The van der Waals surface area contributed by atoms with Crippen LogP contribution in [0.3, 0.4) is 0 Å². The minimum atomic E-state index is 0.427. The molecule has 0 aliphatic heterocycles. The van der Waals surface area contributed by atoms with E-state index in [0.717, 1.165) is 27.8 Å². The lowest BCUT2D eigenvalue weighted by molar-refractivity contribution is 1.18. The lowest BCUT2D eigenvalue weighted by Crippen LogP contribution is -1.93. The standard InChI is InChI=1S/C32H21ClN2/c33-31-21-30(34-32(35-31)25-13-11-24(12-14-25)22-7-3-1-4-8-22)29-18-17-27-19-26(15-16-28(27)20-29)23-9-5-2-6-10-23/h1-21H. The highest BCUT2D eigenvalue weighted by Gasteiger charge is 2.10. The molecule has 0 atom stereocenters. The van der Waals surface area contributed by atoms with E-state index >= 15 is 0 Å². The molecule has 0 saturated heterocycles. The maximum absolute atomic E-state index is 6.43. The average Bonchev–Trinajstić information content (AvgIpc) is 2.93. The van der Waals surface area contributed by atoms with Gasteiger partial charge in [-0.25, -0.2) is 9.97 Å². The zero-order valence-corrected chi connectivity index (χ0v) is 19.7. The fourth-order valence-electron chi connectivity index (χ4n) is 4.35. The van der Waals surface area contributed by atoms with E-state index in [1.165, 1.54) is 22.1 Å². The Morgan fingerprint density at radius 2 is 0.886 bits per heavy atom. The van der Waals surface area contributed by atoms with Crippen molar-refractivity contribution in [2.24, 2.45) is 0 Å². The molecule has 2 nitrogen and oxygen atoms in total. The van der Waals surface area contributed by atoms with E-state index in [4.69, 9.17) is 16.6 Å². The molecular formula is C32H21ClN2. The Kier molecular flexibility index (Phi) is 5.57. The minimum Gasteiger partial charge on any atom is -0.228 e. The van der Waals surface area contributed by atoms with Crippen LogP contribution in [0.25, 0.3) is 55.7 Å². The van der Waals surface area contributed by atoms with Crippen LogP contribution in [-0.4, -0.2) is 9.97 Å². The molecule has 35 heavy (non-hydrogen) atoms. The number of hydrogen-bond donors (Lipinski definition) is 0. The maximum Gasteiger partial charge on any atom is 0.161 e. The van der Waals surface area contributed by atoms with Crippen molar-refractivity contribution in [2.75, 3.05) is 0 Å². The van der Waals surface area contributed by atoms with Crippen LogP contribution in [0.2, 0.25) is 5.15 Å². The van der Waals surface area contributed by atoms with E-state index in [1.54, 1.807) is 0 Å². The lowest BCUT2D eigenvalue weighted by atomic mass is 9.99. The predicted molar refractivity (Wildman–Crippen MR) is 146 cm³/mol. The summed E-state index contributed by atoms with van der Waals surface area (Å²) in [6, 6.07) is 43.8. The lowest BCUT2D eigenvalue weighted by Gasteiger charge is -2.09. The van der Waals surface area contributed by atoms with E-state index in [0.29, 0.717) is 11.0 Å². The van der Waals surface area contributed by atoms with E-state index < -0.39 is 0 Å². The van der Waals surface area contributed by atoms with Gasteiger partial charge >= 0.3 is 0 Å². The molecule has 0 spiro atoms. The summed E-state index contributed by atoms with van der Waals surface area (Å²) in [4.78, 5) is 9.35. The van der Waals surface area contributed by atoms with Gasteiger partial charge in [0.2, 0.25) is 0 Å². The second-order valence-corrected chi connectivity index (χ2v) is 8.87. The van der Waals surface area contributed by atoms with Gasteiger partial charge in [-0.2, -0.15) is 0 Å². The molecule has 6 rings (SSSR count). The molecule has 0 saturated carbocycles. The SMILES string of the molecule is Clc1cc(-c2ccc3cc(-c4ccccc4)ccc3c2)nc(-c2ccc(-c3ccccc3)cc2)n1. The first-order chi connectivity index (χ1) is 17.2. The first kappa shape index (κ1) is 21.3. The molecule has 6 aromatic rings. The normalized spacial score (nSPS) is 11.0. The molecule has 166 valence electrons. The highest BCUT2D eigenvalue weighted by Crippen LogP contribution is 2.30. The number of benzene rings is 5. The number of rotatable bonds is 4. The van der Waals surface area contributed by atoms with E-state index in [1.807, 2.05) is 42.5 Å². The fourth-order valence-corrected chi connectivity index (χ4v) is 4.54. The highest BCUT2D eigenvalue weighted by molar-refractivity contribution is 6.29. The maximum atomic E-state index is 6.43. The third-order valence-electron chi connectivity index (χ3n) is 6.19. The van der Waals surface area contributed by atoms with Crippen LogP contribution in [0.15, 0.2) is 127 Å². The average molecular weight is 469 g/mol. The Hall–Kier alpha value is -4.27. The number of halogens is 1. The Balaban J connectivity index is 1.34. The van der Waals surface area contributed by atoms with Crippen molar-refractivity contribution in [3.8, 4) is 44.9 Å². The molecule has 5 aromatic carbocycles.